The summed E-state index contributed by atoms with van der Waals surface area (Å²) in [5.74, 6) is 2.50. The second-order valence-corrected chi connectivity index (χ2v) is 7.95. The molecule has 0 aliphatic heterocycles. The molecule has 1 nitrogen and oxygen atoms in total. The minimum absolute atomic E-state index is 0.397. The molecule has 1 saturated carbocycles. The van der Waals surface area contributed by atoms with E-state index in [1.807, 2.05) is 6.92 Å². The Morgan fingerprint density at radius 3 is 2.24 bits per heavy atom. The van der Waals surface area contributed by atoms with Gasteiger partial charge in [0.1, 0.15) is 0 Å². The molecule has 1 unspecified atom stereocenters. The van der Waals surface area contributed by atoms with E-state index in [0.717, 1.165) is 37.5 Å². The van der Waals surface area contributed by atoms with Crippen molar-refractivity contribution in [1.29, 1.82) is 0 Å². The van der Waals surface area contributed by atoms with Crippen LogP contribution in [0.3, 0.4) is 0 Å². The number of aliphatic hydroxyl groups is 1. The van der Waals surface area contributed by atoms with E-state index in [0.29, 0.717) is 5.92 Å². The van der Waals surface area contributed by atoms with E-state index in [1.165, 1.54) is 24.8 Å². The number of hydrogen-bond acceptors (Lipinski definition) is 1. The van der Waals surface area contributed by atoms with E-state index in [1.54, 1.807) is 5.57 Å². The minimum atomic E-state index is -0.397. The topological polar surface area (TPSA) is 20.2 Å². The zero-order valence-corrected chi connectivity index (χ0v) is 14.9. The minimum Gasteiger partial charge on any atom is -0.390 e. The van der Waals surface area contributed by atoms with E-state index in [-0.39, 0.29) is 0 Å². The lowest BCUT2D eigenvalue weighted by molar-refractivity contribution is 0.0126. The first-order valence-corrected chi connectivity index (χ1v) is 8.74. The van der Waals surface area contributed by atoms with Crippen LogP contribution in [-0.2, 0) is 0 Å². The average Bonchev–Trinajstić information content (AvgIpc) is 2.39. The Bertz CT molecular complexity index is 352. The van der Waals surface area contributed by atoms with Crippen LogP contribution in [-0.4, -0.2) is 10.7 Å². The molecule has 122 valence electrons. The third kappa shape index (κ3) is 6.82. The third-order valence-electron chi connectivity index (χ3n) is 5.38. The summed E-state index contributed by atoms with van der Waals surface area (Å²) in [7, 11) is 0. The van der Waals surface area contributed by atoms with Gasteiger partial charge in [-0.1, -0.05) is 37.6 Å². The second-order valence-electron chi connectivity index (χ2n) is 7.95. The molecule has 1 heteroatoms. The molecular weight excluding hydrogens is 256 g/mol. The van der Waals surface area contributed by atoms with Crippen LogP contribution < -0.4 is 0 Å². The number of hydrogen-bond donors (Lipinski definition) is 1. The molecule has 1 fully saturated rings. The molecule has 0 aromatic rings. The van der Waals surface area contributed by atoms with E-state index >= 15 is 0 Å². The molecule has 1 atom stereocenters. The van der Waals surface area contributed by atoms with Crippen molar-refractivity contribution in [2.45, 2.75) is 85.2 Å². The van der Waals surface area contributed by atoms with Gasteiger partial charge in [0.05, 0.1) is 5.60 Å². The SMILES string of the molecule is C=C(C)C1CCC(C)(O)CC1.CC1=CCC(C(C)C)CC1. The van der Waals surface area contributed by atoms with Gasteiger partial charge in [-0.2, -0.15) is 0 Å². The Morgan fingerprint density at radius 2 is 1.86 bits per heavy atom. The van der Waals surface area contributed by atoms with Crippen molar-refractivity contribution in [2.75, 3.05) is 0 Å². The van der Waals surface area contributed by atoms with E-state index in [9.17, 15) is 5.11 Å². The monoisotopic (exact) mass is 292 g/mol. The standard InChI is InChI=1S/C10H18O.C10H18/c1-8(2)9-4-6-10(3,11)7-5-9;1-8(2)10-6-4-9(3)5-7-10/h9,11H,1,4-7H2,2-3H3;4,8,10H,5-7H2,1-3H3. The third-order valence-corrected chi connectivity index (χ3v) is 5.38. The van der Waals surface area contributed by atoms with Gasteiger partial charge in [0.25, 0.3) is 0 Å². The maximum atomic E-state index is 9.64. The van der Waals surface area contributed by atoms with Crippen LogP contribution in [0.15, 0.2) is 23.8 Å². The molecule has 0 saturated heterocycles. The van der Waals surface area contributed by atoms with Crippen molar-refractivity contribution >= 4 is 0 Å². The molecule has 0 amide bonds. The fourth-order valence-corrected chi connectivity index (χ4v) is 3.32. The average molecular weight is 293 g/mol. The first kappa shape index (κ1) is 18.5. The van der Waals surface area contributed by atoms with E-state index in [2.05, 4.69) is 40.3 Å². The van der Waals surface area contributed by atoms with E-state index in [4.69, 9.17) is 0 Å². The zero-order chi connectivity index (χ0) is 16.0. The molecule has 21 heavy (non-hydrogen) atoms. The highest BCUT2D eigenvalue weighted by Crippen LogP contribution is 2.34. The summed E-state index contributed by atoms with van der Waals surface area (Å²) in [6.07, 6.45) is 10.6. The lowest BCUT2D eigenvalue weighted by Gasteiger charge is -2.33. The van der Waals surface area contributed by atoms with Crippen molar-refractivity contribution < 1.29 is 5.11 Å². The number of rotatable bonds is 2. The van der Waals surface area contributed by atoms with Crippen molar-refractivity contribution in [2.24, 2.45) is 17.8 Å². The van der Waals surface area contributed by atoms with E-state index < -0.39 is 5.60 Å². The van der Waals surface area contributed by atoms with Gasteiger partial charge < -0.3 is 5.11 Å². The Morgan fingerprint density at radius 1 is 1.29 bits per heavy atom. The molecule has 0 spiro atoms. The molecule has 2 aliphatic rings. The molecule has 0 aromatic heterocycles. The predicted molar refractivity (Wildman–Crippen MR) is 93.3 cm³/mol. The molecule has 0 heterocycles. The highest BCUT2D eigenvalue weighted by molar-refractivity contribution is 5.03. The lowest BCUT2D eigenvalue weighted by atomic mass is 9.77. The molecule has 0 radical (unpaired) electrons. The molecule has 1 N–H and O–H groups in total. The van der Waals surface area contributed by atoms with Gasteiger partial charge in [-0.15, -0.1) is 0 Å². The maximum Gasteiger partial charge on any atom is 0.0620 e. The van der Waals surface area contributed by atoms with Crippen LogP contribution in [0.2, 0.25) is 0 Å². The summed E-state index contributed by atoms with van der Waals surface area (Å²) in [6, 6.07) is 0. The summed E-state index contributed by atoms with van der Waals surface area (Å²) >= 11 is 0. The normalized spacial score (nSPS) is 33.0. The highest BCUT2D eigenvalue weighted by Gasteiger charge is 2.28. The quantitative estimate of drug-likeness (QED) is 0.629. The fraction of sp³-hybridized carbons (Fsp3) is 0.800. The Hall–Kier alpha value is -0.560. The van der Waals surface area contributed by atoms with Crippen LogP contribution in [0.5, 0.6) is 0 Å². The Kier molecular flexibility index (Phi) is 7.20. The largest absolute Gasteiger partial charge is 0.390 e. The highest BCUT2D eigenvalue weighted by atomic mass is 16.3. The van der Waals surface area contributed by atoms with Gasteiger partial charge in [0.2, 0.25) is 0 Å². The predicted octanol–water partition coefficient (Wildman–Crippen LogP) is 5.89. The van der Waals surface area contributed by atoms with Crippen molar-refractivity contribution in [3.05, 3.63) is 23.8 Å². The van der Waals surface area contributed by atoms with Crippen molar-refractivity contribution in [1.82, 2.24) is 0 Å². The van der Waals surface area contributed by atoms with Gasteiger partial charge in [0.15, 0.2) is 0 Å². The summed E-state index contributed by atoms with van der Waals surface area (Å²) in [5, 5.41) is 9.64. The van der Waals surface area contributed by atoms with Crippen LogP contribution in [0, 0.1) is 17.8 Å². The van der Waals surface area contributed by atoms with Gasteiger partial charge in [-0.3, -0.25) is 0 Å². The summed E-state index contributed by atoms with van der Waals surface area (Å²) < 4.78 is 0. The maximum absolute atomic E-state index is 9.64. The Labute approximate surface area is 132 Å². The molecular formula is C20H36O. The van der Waals surface area contributed by atoms with Crippen LogP contribution in [0.1, 0.15) is 79.6 Å². The number of allylic oxidation sites excluding steroid dienone is 3. The smallest absolute Gasteiger partial charge is 0.0620 e. The summed E-state index contributed by atoms with van der Waals surface area (Å²) in [4.78, 5) is 0. The molecule has 2 aliphatic carbocycles. The van der Waals surface area contributed by atoms with Crippen LogP contribution in [0.4, 0.5) is 0 Å². The van der Waals surface area contributed by atoms with Gasteiger partial charge in [-0.05, 0) is 83.5 Å². The first-order valence-electron chi connectivity index (χ1n) is 8.74. The van der Waals surface area contributed by atoms with Gasteiger partial charge >= 0.3 is 0 Å². The van der Waals surface area contributed by atoms with Gasteiger partial charge in [0, 0.05) is 0 Å². The fourth-order valence-electron chi connectivity index (χ4n) is 3.32. The van der Waals surface area contributed by atoms with Gasteiger partial charge in [-0.25, -0.2) is 0 Å². The lowest BCUT2D eigenvalue weighted by Crippen LogP contribution is -2.30. The van der Waals surface area contributed by atoms with Crippen LogP contribution >= 0.6 is 0 Å². The molecule has 2 rings (SSSR count). The van der Waals surface area contributed by atoms with Crippen LogP contribution in [0.25, 0.3) is 0 Å². The summed E-state index contributed by atoms with van der Waals surface area (Å²) in [5.41, 5.74) is 2.48. The Balaban J connectivity index is 0.000000211. The summed E-state index contributed by atoms with van der Waals surface area (Å²) in [6.45, 7) is 14.9. The van der Waals surface area contributed by atoms with Crippen molar-refractivity contribution in [3.8, 4) is 0 Å². The first-order chi connectivity index (χ1) is 9.71. The van der Waals surface area contributed by atoms with Crippen molar-refractivity contribution in [3.63, 3.8) is 0 Å². The molecule has 0 aromatic carbocycles. The zero-order valence-electron chi connectivity index (χ0n) is 14.9. The second kappa shape index (κ2) is 8.17. The molecule has 0 bridgehead atoms.